The largest absolute Gasteiger partial charge is 0.351 e. The predicted molar refractivity (Wildman–Crippen MR) is 107 cm³/mol. The zero-order valence-corrected chi connectivity index (χ0v) is 17.7. The summed E-state index contributed by atoms with van der Waals surface area (Å²) in [6.45, 7) is 11.0. The molecule has 1 aliphatic heterocycles. The van der Waals surface area contributed by atoms with Crippen molar-refractivity contribution in [3.8, 4) is 0 Å². The Bertz CT molecular complexity index is 691. The molecule has 27 heavy (non-hydrogen) atoms. The minimum Gasteiger partial charge on any atom is -0.351 e. The monoisotopic (exact) mass is 372 g/mol. The van der Waals surface area contributed by atoms with Crippen LogP contribution >= 0.6 is 0 Å². The van der Waals surface area contributed by atoms with Crippen LogP contribution in [0.1, 0.15) is 79.6 Å². The van der Waals surface area contributed by atoms with Crippen molar-refractivity contribution in [3.63, 3.8) is 0 Å². The van der Waals surface area contributed by atoms with E-state index in [2.05, 4.69) is 51.3 Å². The molecule has 1 heterocycles. The van der Waals surface area contributed by atoms with E-state index in [1.165, 1.54) is 18.5 Å². The van der Waals surface area contributed by atoms with Crippen LogP contribution in [0.5, 0.6) is 0 Å². The lowest BCUT2D eigenvalue weighted by atomic mass is 9.49. The second-order valence-electron chi connectivity index (χ2n) is 11.1. The number of carbonyl (C=O) groups excluding carboxylic acids is 2. The molecule has 6 atom stereocenters. The second-order valence-corrected chi connectivity index (χ2v) is 11.1. The van der Waals surface area contributed by atoms with Gasteiger partial charge < -0.3 is 10.6 Å². The Kier molecular flexibility index (Phi) is 4.29. The molecule has 4 nitrogen and oxygen atoms in total. The number of fused-ring (bicyclic) bond motifs is 5. The van der Waals surface area contributed by atoms with E-state index in [0.717, 1.165) is 25.7 Å². The number of hydrogen-bond acceptors (Lipinski definition) is 2. The third kappa shape index (κ3) is 2.94. The smallest absolute Gasteiger partial charge is 0.224 e. The molecule has 1 saturated heterocycles. The highest BCUT2D eigenvalue weighted by atomic mass is 16.2. The quantitative estimate of drug-likeness (QED) is 0.726. The molecule has 150 valence electrons. The lowest BCUT2D eigenvalue weighted by molar-refractivity contribution is -0.134. The van der Waals surface area contributed by atoms with Crippen molar-refractivity contribution in [1.29, 1.82) is 0 Å². The van der Waals surface area contributed by atoms with Gasteiger partial charge in [-0.15, -0.1) is 0 Å². The van der Waals surface area contributed by atoms with Crippen molar-refractivity contribution in [2.24, 2.45) is 34.5 Å². The highest BCUT2D eigenvalue weighted by molar-refractivity contribution is 5.81. The maximum atomic E-state index is 13.0. The molecule has 0 spiro atoms. The Hall–Kier alpha value is -1.32. The highest BCUT2D eigenvalue weighted by Crippen LogP contribution is 2.65. The summed E-state index contributed by atoms with van der Waals surface area (Å²) >= 11 is 0. The van der Waals surface area contributed by atoms with Crippen LogP contribution in [0.15, 0.2) is 11.8 Å². The van der Waals surface area contributed by atoms with Crippen LogP contribution in [0, 0.1) is 34.5 Å². The fourth-order valence-corrected chi connectivity index (χ4v) is 7.08. The molecule has 0 aromatic carbocycles. The van der Waals surface area contributed by atoms with E-state index in [0.29, 0.717) is 24.2 Å². The first kappa shape index (κ1) is 19.0. The van der Waals surface area contributed by atoms with Gasteiger partial charge in [-0.1, -0.05) is 19.9 Å². The zero-order chi connectivity index (χ0) is 19.6. The molecule has 2 amide bonds. The Balaban J connectivity index is 1.59. The van der Waals surface area contributed by atoms with E-state index in [4.69, 9.17) is 0 Å². The van der Waals surface area contributed by atoms with E-state index in [-0.39, 0.29) is 34.1 Å². The van der Waals surface area contributed by atoms with E-state index in [1.807, 2.05) is 0 Å². The van der Waals surface area contributed by atoms with Gasteiger partial charge >= 0.3 is 0 Å². The number of hydrogen-bond donors (Lipinski definition) is 2. The summed E-state index contributed by atoms with van der Waals surface area (Å²) < 4.78 is 0. The van der Waals surface area contributed by atoms with E-state index >= 15 is 0 Å². The number of piperidine rings is 1. The lowest BCUT2D eigenvalue weighted by Crippen LogP contribution is -2.54. The molecule has 3 fully saturated rings. The number of nitrogens with one attached hydrogen (secondary N) is 2. The Morgan fingerprint density at radius 2 is 1.89 bits per heavy atom. The first-order valence-corrected chi connectivity index (χ1v) is 10.9. The Morgan fingerprint density at radius 3 is 2.59 bits per heavy atom. The van der Waals surface area contributed by atoms with E-state index in [9.17, 15) is 9.59 Å². The second kappa shape index (κ2) is 6.09. The maximum absolute atomic E-state index is 13.0. The molecule has 4 heteroatoms. The van der Waals surface area contributed by atoms with Gasteiger partial charge in [0.05, 0.1) is 0 Å². The summed E-state index contributed by atoms with van der Waals surface area (Å²) in [5, 5.41) is 6.42. The van der Waals surface area contributed by atoms with Crippen molar-refractivity contribution in [2.45, 2.75) is 85.1 Å². The van der Waals surface area contributed by atoms with E-state index < -0.39 is 0 Å². The van der Waals surface area contributed by atoms with Crippen molar-refractivity contribution in [3.05, 3.63) is 11.8 Å². The van der Waals surface area contributed by atoms with Gasteiger partial charge in [0.2, 0.25) is 11.8 Å². The Morgan fingerprint density at radius 1 is 1.15 bits per heavy atom. The molecular formula is C23H36N2O2. The first-order valence-electron chi connectivity index (χ1n) is 10.9. The molecule has 0 radical (unpaired) electrons. The summed E-state index contributed by atoms with van der Waals surface area (Å²) in [5.41, 5.74) is 1.25. The number of rotatable bonds is 1. The maximum Gasteiger partial charge on any atom is 0.224 e. The number of amides is 2. The molecule has 0 aromatic heterocycles. The van der Waals surface area contributed by atoms with Crippen molar-refractivity contribution in [1.82, 2.24) is 10.6 Å². The fraction of sp³-hybridized carbons (Fsp3) is 0.826. The van der Waals surface area contributed by atoms with Crippen LogP contribution in [-0.2, 0) is 9.59 Å². The standard InChI is InChI=1S/C23H36N2O2/c1-21(2,3)25-20(27)17-8-7-15-14-6-9-18-23(5,13-11-19(26)24-18)16(14)10-12-22(15,17)4/h9,14-17H,6-8,10-13H2,1-5H3,(H,24,26)(H,25,27)/t14-,15-,16-,17?,22-,23+/m0/s1. The summed E-state index contributed by atoms with van der Waals surface area (Å²) in [7, 11) is 0. The van der Waals surface area contributed by atoms with Crippen molar-refractivity contribution < 1.29 is 9.59 Å². The molecule has 4 rings (SSSR count). The molecule has 1 unspecified atom stereocenters. The van der Waals surface area contributed by atoms with Gasteiger partial charge in [0.15, 0.2) is 0 Å². The minimum absolute atomic E-state index is 0.115. The van der Waals surface area contributed by atoms with E-state index in [1.54, 1.807) is 0 Å². The topological polar surface area (TPSA) is 58.2 Å². The average Bonchev–Trinajstić information content (AvgIpc) is 2.91. The van der Waals surface area contributed by atoms with Crippen LogP contribution in [0.3, 0.4) is 0 Å². The van der Waals surface area contributed by atoms with Gasteiger partial charge in [0.1, 0.15) is 0 Å². The Labute approximate surface area is 163 Å². The van der Waals surface area contributed by atoms with Gasteiger partial charge in [0, 0.05) is 29.0 Å². The molecule has 2 saturated carbocycles. The fourth-order valence-electron chi connectivity index (χ4n) is 7.08. The molecule has 3 aliphatic carbocycles. The van der Waals surface area contributed by atoms with Crippen LogP contribution in [0.4, 0.5) is 0 Å². The SMILES string of the molecule is CC(C)(C)NC(=O)C1CC[C@H]2[C@@H]3CC=C4NC(=O)CC[C@]4(C)[C@H]3CC[C@]12C. The normalized spacial score (nSPS) is 43.7. The van der Waals surface area contributed by atoms with Crippen molar-refractivity contribution >= 4 is 11.8 Å². The third-order valence-corrected chi connectivity index (χ3v) is 8.43. The minimum atomic E-state index is -0.168. The summed E-state index contributed by atoms with van der Waals surface area (Å²) in [6, 6.07) is 0. The summed E-state index contributed by atoms with van der Waals surface area (Å²) in [5.74, 6) is 2.50. The third-order valence-electron chi connectivity index (χ3n) is 8.43. The van der Waals surface area contributed by atoms with Gasteiger partial charge in [0.25, 0.3) is 0 Å². The first-order chi connectivity index (χ1) is 12.5. The molecular weight excluding hydrogens is 336 g/mol. The molecule has 0 aromatic rings. The summed E-state index contributed by atoms with van der Waals surface area (Å²) in [6.07, 6.45) is 9.51. The van der Waals surface area contributed by atoms with Gasteiger partial charge in [-0.05, 0) is 82.5 Å². The number of allylic oxidation sites excluding steroid dienone is 2. The van der Waals surface area contributed by atoms with Crippen molar-refractivity contribution in [2.75, 3.05) is 0 Å². The molecule has 4 aliphatic rings. The molecule has 0 bridgehead atoms. The highest BCUT2D eigenvalue weighted by Gasteiger charge is 2.60. The molecule has 2 N–H and O–H groups in total. The lowest BCUT2D eigenvalue weighted by Gasteiger charge is -2.57. The van der Waals surface area contributed by atoms with Gasteiger partial charge in [-0.2, -0.15) is 0 Å². The van der Waals surface area contributed by atoms with Crippen LogP contribution in [0.2, 0.25) is 0 Å². The average molecular weight is 373 g/mol. The zero-order valence-electron chi connectivity index (χ0n) is 17.7. The van der Waals surface area contributed by atoms with Gasteiger partial charge in [-0.3, -0.25) is 9.59 Å². The number of carbonyl (C=O) groups is 2. The van der Waals surface area contributed by atoms with Gasteiger partial charge in [-0.25, -0.2) is 0 Å². The summed E-state index contributed by atoms with van der Waals surface area (Å²) in [4.78, 5) is 24.9. The van der Waals surface area contributed by atoms with Crippen LogP contribution < -0.4 is 10.6 Å². The van der Waals surface area contributed by atoms with Crippen LogP contribution in [-0.4, -0.2) is 17.4 Å². The predicted octanol–water partition coefficient (Wildman–Crippen LogP) is 4.16. The van der Waals surface area contributed by atoms with Crippen LogP contribution in [0.25, 0.3) is 0 Å².